The largest absolute Gasteiger partial charge is 0.508 e. The molecule has 0 aliphatic carbocycles. The molecule has 0 aliphatic heterocycles. The standard InChI is InChI=1S/C26H41N3O7S/c1-6-7-8-9-12-15-29(24(33)19(17-37)28-25(34)36-26(2,3)4)22(18-13-10-11-14-20(18)30)23(32)27-16-21(31)35-5/h10-11,13-14,19,22,30,37H,6-9,12,15-17H2,1-5H3,(H,27,32)(H,28,34). The second kappa shape index (κ2) is 16.0. The van der Waals surface area contributed by atoms with Gasteiger partial charge in [-0.25, -0.2) is 4.79 Å². The Hall–Kier alpha value is -2.95. The van der Waals surface area contributed by atoms with Crippen LogP contribution in [0, 0.1) is 0 Å². The van der Waals surface area contributed by atoms with Gasteiger partial charge >= 0.3 is 12.1 Å². The number of hydrogen-bond acceptors (Lipinski definition) is 8. The molecule has 3 amide bonds. The van der Waals surface area contributed by atoms with E-state index < -0.39 is 48.1 Å². The number of rotatable bonds is 14. The number of para-hydroxylation sites is 1. The van der Waals surface area contributed by atoms with Gasteiger partial charge in [0.05, 0.1) is 7.11 Å². The van der Waals surface area contributed by atoms with Crippen molar-refractivity contribution in [3.63, 3.8) is 0 Å². The lowest BCUT2D eigenvalue weighted by Crippen LogP contribution is -2.54. The number of unbranched alkanes of at least 4 members (excludes halogenated alkanes) is 4. The van der Waals surface area contributed by atoms with Gasteiger partial charge in [0, 0.05) is 17.9 Å². The molecule has 3 N–H and O–H groups in total. The first kappa shape index (κ1) is 32.1. The Kier molecular flexibility index (Phi) is 13.9. The molecule has 0 aliphatic rings. The molecule has 0 bridgehead atoms. The molecular weight excluding hydrogens is 498 g/mol. The molecule has 1 rings (SSSR count). The molecule has 2 unspecified atom stereocenters. The van der Waals surface area contributed by atoms with E-state index in [1.165, 1.54) is 24.1 Å². The van der Waals surface area contributed by atoms with Gasteiger partial charge in [-0.3, -0.25) is 14.4 Å². The SMILES string of the molecule is CCCCCCCN(C(=O)C(CS)NC(=O)OC(C)(C)C)C(C(=O)NCC(=O)OC)c1ccccc1O. The van der Waals surface area contributed by atoms with E-state index in [-0.39, 0.29) is 23.6 Å². The zero-order chi connectivity index (χ0) is 28.0. The van der Waals surface area contributed by atoms with E-state index in [9.17, 15) is 24.3 Å². The number of phenolic OH excluding ortho intramolecular Hbond substituents is 1. The van der Waals surface area contributed by atoms with E-state index in [1.54, 1.807) is 32.9 Å². The minimum atomic E-state index is -1.27. The van der Waals surface area contributed by atoms with Crippen molar-refractivity contribution in [2.24, 2.45) is 0 Å². The number of carbonyl (C=O) groups excluding carboxylic acids is 4. The molecule has 0 spiro atoms. The molecule has 0 saturated heterocycles. The van der Waals surface area contributed by atoms with Gasteiger partial charge in [0.2, 0.25) is 11.8 Å². The lowest BCUT2D eigenvalue weighted by molar-refractivity contribution is -0.144. The zero-order valence-corrected chi connectivity index (χ0v) is 23.3. The van der Waals surface area contributed by atoms with Crippen LogP contribution in [0.4, 0.5) is 4.79 Å². The Morgan fingerprint density at radius 1 is 1.08 bits per heavy atom. The molecule has 1 aromatic rings. The van der Waals surface area contributed by atoms with Crippen LogP contribution >= 0.6 is 12.6 Å². The summed E-state index contributed by atoms with van der Waals surface area (Å²) >= 11 is 4.25. The van der Waals surface area contributed by atoms with E-state index in [4.69, 9.17) is 4.74 Å². The number of methoxy groups -OCH3 is 1. The molecule has 0 saturated carbocycles. The highest BCUT2D eigenvalue weighted by Gasteiger charge is 2.37. The zero-order valence-electron chi connectivity index (χ0n) is 22.4. The number of hydrogen-bond donors (Lipinski definition) is 4. The third-order valence-corrected chi connectivity index (χ3v) is 5.75. The van der Waals surface area contributed by atoms with Crippen LogP contribution < -0.4 is 10.6 Å². The predicted molar refractivity (Wildman–Crippen MR) is 143 cm³/mol. The van der Waals surface area contributed by atoms with Gasteiger partial charge in [0.1, 0.15) is 30.0 Å². The van der Waals surface area contributed by atoms with E-state index in [1.807, 2.05) is 0 Å². The normalized spacial score (nSPS) is 12.7. The van der Waals surface area contributed by atoms with Crippen LogP contribution in [-0.2, 0) is 23.9 Å². The summed E-state index contributed by atoms with van der Waals surface area (Å²) in [6, 6.07) is 3.80. The maximum atomic E-state index is 13.8. The van der Waals surface area contributed by atoms with Crippen LogP contribution in [-0.4, -0.2) is 71.5 Å². The lowest BCUT2D eigenvalue weighted by atomic mass is 10.0. The third kappa shape index (κ3) is 11.3. The summed E-state index contributed by atoms with van der Waals surface area (Å²) in [4.78, 5) is 52.5. The number of aromatic hydroxyl groups is 1. The molecule has 11 heteroatoms. The number of carbonyl (C=O) groups is 4. The molecular formula is C26H41N3O7S. The molecule has 0 heterocycles. The number of amides is 3. The van der Waals surface area contributed by atoms with E-state index in [2.05, 4.69) is 34.9 Å². The fraction of sp³-hybridized carbons (Fsp3) is 0.615. The summed E-state index contributed by atoms with van der Waals surface area (Å²) in [5.41, 5.74) is -0.596. The summed E-state index contributed by atoms with van der Waals surface area (Å²) < 4.78 is 9.89. The Bertz CT molecular complexity index is 904. The number of esters is 1. The van der Waals surface area contributed by atoms with E-state index >= 15 is 0 Å². The maximum absolute atomic E-state index is 13.8. The summed E-state index contributed by atoms with van der Waals surface area (Å²) in [5.74, 6) is -2.16. The summed E-state index contributed by atoms with van der Waals surface area (Å²) in [5, 5.41) is 15.6. The average molecular weight is 540 g/mol. The highest BCUT2D eigenvalue weighted by atomic mass is 32.1. The van der Waals surface area contributed by atoms with Gasteiger partial charge in [0.15, 0.2) is 0 Å². The number of nitrogens with one attached hydrogen (secondary N) is 2. The van der Waals surface area contributed by atoms with Crippen molar-refractivity contribution in [2.45, 2.75) is 77.5 Å². The van der Waals surface area contributed by atoms with Crippen LogP contribution in [0.1, 0.15) is 71.4 Å². The topological polar surface area (TPSA) is 134 Å². The second-order valence-corrected chi connectivity index (χ2v) is 9.95. The average Bonchev–Trinajstić information content (AvgIpc) is 2.84. The van der Waals surface area contributed by atoms with Crippen molar-refractivity contribution in [1.82, 2.24) is 15.5 Å². The Labute approximate surface area is 224 Å². The molecule has 0 aromatic heterocycles. The van der Waals surface area contributed by atoms with Crippen LogP contribution in [0.5, 0.6) is 5.75 Å². The molecule has 1 aromatic carbocycles. The van der Waals surface area contributed by atoms with Crippen molar-refractivity contribution >= 4 is 36.5 Å². The number of alkyl carbamates (subject to hydrolysis) is 1. The number of nitrogens with zero attached hydrogens (tertiary/aromatic N) is 1. The van der Waals surface area contributed by atoms with Gasteiger partial charge in [-0.05, 0) is 33.3 Å². The first-order valence-corrected chi connectivity index (χ1v) is 13.1. The fourth-order valence-corrected chi connectivity index (χ4v) is 3.83. The van der Waals surface area contributed by atoms with Gasteiger partial charge < -0.3 is 30.1 Å². The minimum absolute atomic E-state index is 0.0539. The molecule has 2 atom stereocenters. The number of phenols is 1. The van der Waals surface area contributed by atoms with Crippen LogP contribution in [0.15, 0.2) is 24.3 Å². The first-order chi connectivity index (χ1) is 17.4. The highest BCUT2D eigenvalue weighted by Crippen LogP contribution is 2.30. The van der Waals surface area contributed by atoms with Crippen LogP contribution in [0.3, 0.4) is 0 Å². The van der Waals surface area contributed by atoms with Gasteiger partial charge in [-0.2, -0.15) is 12.6 Å². The van der Waals surface area contributed by atoms with Crippen molar-refractivity contribution in [3.8, 4) is 5.75 Å². The molecule has 10 nitrogen and oxygen atoms in total. The summed E-state index contributed by atoms with van der Waals surface area (Å²) in [7, 11) is 1.20. The molecule has 208 valence electrons. The van der Waals surface area contributed by atoms with Crippen LogP contribution in [0.25, 0.3) is 0 Å². The quantitative estimate of drug-likeness (QED) is 0.162. The van der Waals surface area contributed by atoms with Crippen molar-refractivity contribution in [3.05, 3.63) is 29.8 Å². The van der Waals surface area contributed by atoms with Gasteiger partial charge in [-0.1, -0.05) is 50.8 Å². The Morgan fingerprint density at radius 3 is 2.30 bits per heavy atom. The van der Waals surface area contributed by atoms with Crippen molar-refractivity contribution in [2.75, 3.05) is 26.0 Å². The summed E-state index contributed by atoms with van der Waals surface area (Å²) in [6.45, 7) is 6.96. The number of benzene rings is 1. The molecule has 0 radical (unpaired) electrons. The maximum Gasteiger partial charge on any atom is 0.408 e. The second-order valence-electron chi connectivity index (χ2n) is 9.58. The number of ether oxygens (including phenoxy) is 2. The van der Waals surface area contributed by atoms with Gasteiger partial charge in [-0.15, -0.1) is 0 Å². The third-order valence-electron chi connectivity index (χ3n) is 5.38. The van der Waals surface area contributed by atoms with E-state index in [0.717, 1.165) is 25.7 Å². The van der Waals surface area contributed by atoms with Crippen molar-refractivity contribution < 1.29 is 33.8 Å². The Balaban J connectivity index is 3.37. The van der Waals surface area contributed by atoms with E-state index in [0.29, 0.717) is 6.42 Å². The minimum Gasteiger partial charge on any atom is -0.508 e. The predicted octanol–water partition coefficient (Wildman–Crippen LogP) is 3.34. The van der Waals surface area contributed by atoms with Crippen molar-refractivity contribution in [1.29, 1.82) is 0 Å². The molecule has 0 fully saturated rings. The first-order valence-electron chi connectivity index (χ1n) is 12.5. The van der Waals surface area contributed by atoms with Gasteiger partial charge in [0.25, 0.3) is 0 Å². The fourth-order valence-electron chi connectivity index (χ4n) is 3.59. The Morgan fingerprint density at radius 2 is 1.73 bits per heavy atom. The smallest absolute Gasteiger partial charge is 0.408 e. The highest BCUT2D eigenvalue weighted by molar-refractivity contribution is 7.80. The monoisotopic (exact) mass is 539 g/mol. The lowest BCUT2D eigenvalue weighted by Gasteiger charge is -2.34. The van der Waals surface area contributed by atoms with Crippen LogP contribution in [0.2, 0.25) is 0 Å². The number of thiol groups is 1. The molecule has 37 heavy (non-hydrogen) atoms. The summed E-state index contributed by atoms with van der Waals surface area (Å²) in [6.07, 6.45) is 3.65.